The molecule has 2 rings (SSSR count). The Morgan fingerprint density at radius 2 is 1.65 bits per heavy atom. The Kier molecular flexibility index (Phi) is 5.93. The monoisotopic (exact) mass is 283 g/mol. The van der Waals surface area contributed by atoms with Crippen LogP contribution >= 0.6 is 11.8 Å². The van der Waals surface area contributed by atoms with Gasteiger partial charge in [0.15, 0.2) is 0 Å². The lowest BCUT2D eigenvalue weighted by atomic mass is 10.2. The molecule has 0 heterocycles. The van der Waals surface area contributed by atoms with E-state index in [1.165, 1.54) is 5.56 Å². The molecule has 0 aromatic heterocycles. The fourth-order valence-electron chi connectivity index (χ4n) is 1.70. The Labute approximate surface area is 123 Å². The van der Waals surface area contributed by atoms with Crippen molar-refractivity contribution >= 4 is 23.4 Å². The van der Waals surface area contributed by atoms with Gasteiger partial charge in [0.05, 0.1) is 0 Å². The number of thioether (sulfide) groups is 1. The molecule has 1 amide bonds. The highest BCUT2D eigenvalue weighted by Gasteiger charge is 1.96. The van der Waals surface area contributed by atoms with Crippen molar-refractivity contribution in [1.29, 1.82) is 0 Å². The van der Waals surface area contributed by atoms with Crippen molar-refractivity contribution in [3.05, 3.63) is 77.7 Å². The van der Waals surface area contributed by atoms with Crippen LogP contribution in [0.15, 0.2) is 72.1 Å². The average Bonchev–Trinajstić information content (AvgIpc) is 2.49. The van der Waals surface area contributed by atoms with Crippen LogP contribution in [0, 0.1) is 0 Å². The Balaban J connectivity index is 1.67. The molecule has 0 saturated carbocycles. The van der Waals surface area contributed by atoms with E-state index in [4.69, 9.17) is 0 Å². The number of carbonyl (C=O) groups is 1. The van der Waals surface area contributed by atoms with Crippen molar-refractivity contribution in [2.24, 2.45) is 0 Å². The zero-order valence-electron chi connectivity index (χ0n) is 11.2. The second kappa shape index (κ2) is 8.23. The topological polar surface area (TPSA) is 29.1 Å². The molecule has 102 valence electrons. The predicted molar refractivity (Wildman–Crippen MR) is 86.8 cm³/mol. The molecule has 2 aromatic carbocycles. The number of hydrogen-bond acceptors (Lipinski definition) is 2. The summed E-state index contributed by atoms with van der Waals surface area (Å²) in [6, 6.07) is 19.8. The smallest absolute Gasteiger partial charge is 0.248 e. The number of hydrogen-bond donors (Lipinski definition) is 1. The van der Waals surface area contributed by atoms with Crippen LogP contribution in [0.5, 0.6) is 0 Å². The lowest BCUT2D eigenvalue weighted by molar-refractivity contribution is -0.111. The summed E-state index contributed by atoms with van der Waals surface area (Å²) in [5, 5.41) is 4.66. The molecule has 0 aliphatic rings. The third-order valence-electron chi connectivity index (χ3n) is 2.71. The molecule has 2 aromatic rings. The van der Waals surface area contributed by atoms with E-state index in [1.54, 1.807) is 17.8 Å². The molecular weight excluding hydrogens is 266 g/mol. The fourth-order valence-corrected chi connectivity index (χ4v) is 2.41. The molecule has 0 spiro atoms. The van der Waals surface area contributed by atoms with Crippen molar-refractivity contribution in [3.63, 3.8) is 0 Å². The zero-order chi connectivity index (χ0) is 14.0. The zero-order valence-corrected chi connectivity index (χ0v) is 12.0. The molecule has 0 aliphatic heterocycles. The van der Waals surface area contributed by atoms with Gasteiger partial charge in [0.1, 0.15) is 0 Å². The number of para-hydroxylation sites is 1. The van der Waals surface area contributed by atoms with Crippen LogP contribution in [0.4, 0.5) is 5.69 Å². The molecule has 0 fully saturated rings. The van der Waals surface area contributed by atoms with E-state index in [9.17, 15) is 4.79 Å². The third kappa shape index (κ3) is 5.33. The van der Waals surface area contributed by atoms with E-state index in [0.717, 1.165) is 17.9 Å². The highest BCUT2D eigenvalue weighted by Crippen LogP contribution is 2.09. The number of anilines is 1. The van der Waals surface area contributed by atoms with Gasteiger partial charge in [-0.15, -0.1) is 11.8 Å². The molecule has 2 nitrogen and oxygen atoms in total. The molecule has 0 saturated heterocycles. The summed E-state index contributed by atoms with van der Waals surface area (Å²) in [4.78, 5) is 11.6. The summed E-state index contributed by atoms with van der Waals surface area (Å²) in [5.74, 6) is 0.877. The van der Waals surface area contributed by atoms with Gasteiger partial charge in [-0.25, -0.2) is 0 Å². The van der Waals surface area contributed by atoms with Gasteiger partial charge in [0.25, 0.3) is 0 Å². The Bertz CT molecular complexity index is 552. The van der Waals surface area contributed by atoms with Crippen LogP contribution in [-0.4, -0.2) is 11.7 Å². The van der Waals surface area contributed by atoms with Crippen molar-refractivity contribution in [1.82, 2.24) is 0 Å². The second-order valence-electron chi connectivity index (χ2n) is 4.26. The van der Waals surface area contributed by atoms with E-state index in [1.807, 2.05) is 53.9 Å². The van der Waals surface area contributed by atoms with Gasteiger partial charge in [-0.1, -0.05) is 48.5 Å². The molecule has 1 N–H and O–H groups in total. The number of rotatable bonds is 6. The molecule has 3 heteroatoms. The lowest BCUT2D eigenvalue weighted by Gasteiger charge is -2.00. The molecule has 20 heavy (non-hydrogen) atoms. The summed E-state index contributed by atoms with van der Waals surface area (Å²) in [6.45, 7) is 0. The number of amides is 1. The first-order valence-electron chi connectivity index (χ1n) is 6.53. The number of benzene rings is 2. The Morgan fingerprint density at radius 3 is 2.35 bits per heavy atom. The standard InChI is InChI=1S/C17H17NOS/c19-17(18-16-9-5-2-6-10-16)12-14-20-13-11-15-7-3-1-4-8-15/h1-10,12,14H,11,13H2,(H,18,19). The quantitative estimate of drug-likeness (QED) is 0.638. The van der Waals surface area contributed by atoms with E-state index < -0.39 is 0 Å². The van der Waals surface area contributed by atoms with E-state index in [-0.39, 0.29) is 5.91 Å². The first kappa shape index (κ1) is 14.4. The van der Waals surface area contributed by atoms with Crippen LogP contribution in [0.2, 0.25) is 0 Å². The molecular formula is C17H17NOS. The van der Waals surface area contributed by atoms with Gasteiger partial charge in [0.2, 0.25) is 5.91 Å². The van der Waals surface area contributed by atoms with Gasteiger partial charge in [-0.2, -0.15) is 0 Å². The summed E-state index contributed by atoms with van der Waals surface area (Å²) < 4.78 is 0. The van der Waals surface area contributed by atoms with Crippen LogP contribution in [0.25, 0.3) is 0 Å². The van der Waals surface area contributed by atoms with E-state index >= 15 is 0 Å². The summed E-state index contributed by atoms with van der Waals surface area (Å²) >= 11 is 1.65. The first-order valence-corrected chi connectivity index (χ1v) is 7.57. The maximum atomic E-state index is 11.6. The maximum Gasteiger partial charge on any atom is 0.248 e. The number of aryl methyl sites for hydroxylation is 1. The van der Waals surface area contributed by atoms with E-state index in [2.05, 4.69) is 17.4 Å². The van der Waals surface area contributed by atoms with Crippen LogP contribution in [0.3, 0.4) is 0 Å². The number of nitrogens with one attached hydrogen (secondary N) is 1. The summed E-state index contributed by atoms with van der Waals surface area (Å²) in [6.07, 6.45) is 2.58. The van der Waals surface area contributed by atoms with Crippen molar-refractivity contribution in [2.75, 3.05) is 11.1 Å². The summed E-state index contributed by atoms with van der Waals surface area (Å²) in [5.41, 5.74) is 2.14. The fraction of sp³-hybridized carbons (Fsp3) is 0.118. The van der Waals surface area contributed by atoms with Crippen molar-refractivity contribution < 1.29 is 4.79 Å². The van der Waals surface area contributed by atoms with Gasteiger partial charge in [0, 0.05) is 17.5 Å². The minimum Gasteiger partial charge on any atom is -0.322 e. The molecule has 0 aliphatic carbocycles. The van der Waals surface area contributed by atoms with Gasteiger partial charge in [-0.3, -0.25) is 4.79 Å². The second-order valence-corrected chi connectivity index (χ2v) is 5.28. The molecule has 0 atom stereocenters. The Morgan fingerprint density at radius 1 is 1.00 bits per heavy atom. The minimum atomic E-state index is -0.0941. The predicted octanol–water partition coefficient (Wildman–Crippen LogP) is 4.11. The van der Waals surface area contributed by atoms with Crippen LogP contribution in [0.1, 0.15) is 5.56 Å². The van der Waals surface area contributed by atoms with Crippen LogP contribution < -0.4 is 5.32 Å². The summed E-state index contributed by atoms with van der Waals surface area (Å²) in [7, 11) is 0. The molecule has 0 unspecified atom stereocenters. The average molecular weight is 283 g/mol. The van der Waals surface area contributed by atoms with Gasteiger partial charge < -0.3 is 5.32 Å². The SMILES string of the molecule is O=C(C=CSCCc1ccccc1)Nc1ccccc1. The van der Waals surface area contributed by atoms with Gasteiger partial charge in [-0.05, 0) is 29.5 Å². The highest BCUT2D eigenvalue weighted by atomic mass is 32.2. The lowest BCUT2D eigenvalue weighted by Crippen LogP contribution is -2.07. The maximum absolute atomic E-state index is 11.6. The first-order chi connectivity index (χ1) is 9.84. The normalized spacial score (nSPS) is 10.6. The van der Waals surface area contributed by atoms with Crippen molar-refractivity contribution in [3.8, 4) is 0 Å². The largest absolute Gasteiger partial charge is 0.322 e. The minimum absolute atomic E-state index is 0.0941. The highest BCUT2D eigenvalue weighted by molar-refractivity contribution is 8.02. The van der Waals surface area contributed by atoms with Crippen LogP contribution in [-0.2, 0) is 11.2 Å². The number of carbonyl (C=O) groups excluding carboxylic acids is 1. The van der Waals surface area contributed by atoms with E-state index in [0.29, 0.717) is 0 Å². The molecule has 0 bridgehead atoms. The Hall–Kier alpha value is -2.00. The molecule has 0 radical (unpaired) electrons. The van der Waals surface area contributed by atoms with Crippen molar-refractivity contribution in [2.45, 2.75) is 6.42 Å². The third-order valence-corrected chi connectivity index (χ3v) is 3.48. The van der Waals surface area contributed by atoms with Gasteiger partial charge >= 0.3 is 0 Å².